The van der Waals surface area contributed by atoms with E-state index in [1.165, 1.54) is 11.6 Å². The van der Waals surface area contributed by atoms with Crippen molar-refractivity contribution in [3.8, 4) is 17.8 Å². The summed E-state index contributed by atoms with van der Waals surface area (Å²) in [5.74, 6) is -0.664. The standard InChI is InChI=1S/C27H24N4O2.C10H10N2O2.C6H6O.C5H8NO2.C2H6.BH.U/c1-2-26(32)30-15-13-21(17-30)23-16-25(31-18-28-14-12-24(23)31)19-8-10-20(11-9-19)27(33)29-22-6-4-3-5-7-22;1-2-14-10(13)9-6-8-4-3-5-12(8)7-11-9;7-5-6-3-1-2-4-6;1-3-8-5(7)4-6-2;1-2;;/h2-12,14,16,18,21H,1,13,15,17H2,(H,29,33);3-7H,2H2,1H3;1-3,5H,4H2;2H,3-4H2,1H3;1-2H3;1H;/q;;;+1;;;/i;;;;2*1D;. The van der Waals surface area contributed by atoms with Crippen LogP contribution in [0.3, 0.4) is 0 Å². The summed E-state index contributed by atoms with van der Waals surface area (Å²) in [5.41, 5.74) is 7.81. The molecule has 14 nitrogen and oxygen atoms in total. The number of fused-ring (bicyclic) bond motifs is 2. The molecule has 2 aliphatic rings. The molecule has 1 aliphatic carbocycles. The van der Waals surface area contributed by atoms with Crippen molar-refractivity contribution >= 4 is 55.1 Å². The van der Waals surface area contributed by atoms with Crippen LogP contribution < -0.4 is 5.32 Å². The van der Waals surface area contributed by atoms with Gasteiger partial charge < -0.3 is 28.5 Å². The number of allylic oxidation sites excluding steroid dienone is 4. The second-order valence-electron chi connectivity index (χ2n) is 13.7. The zero-order valence-corrected chi connectivity index (χ0v) is 41.6. The average Bonchev–Trinajstić information content (AvgIpc) is 4.21. The van der Waals surface area contributed by atoms with Gasteiger partial charge in [0.25, 0.3) is 12.5 Å². The summed E-state index contributed by atoms with van der Waals surface area (Å²) in [6, 6.07) is 26.7. The van der Waals surface area contributed by atoms with Crippen LogP contribution in [-0.4, -0.2) is 96.3 Å². The first-order chi connectivity index (χ1) is 32.6. The number of esters is 2. The minimum Gasteiger partial charge on any atom is -0.461 e. The number of benzene rings is 2. The van der Waals surface area contributed by atoms with E-state index < -0.39 is 0 Å². The summed E-state index contributed by atoms with van der Waals surface area (Å²) >= 11 is 0. The number of para-hydroxylation sites is 1. The molecular weight excluding hydrogens is 1060 g/mol. The van der Waals surface area contributed by atoms with Crippen LogP contribution in [0.2, 0.25) is 0 Å². The molecule has 66 heavy (non-hydrogen) atoms. The Kier molecular flexibility index (Phi) is 23.2. The molecule has 0 spiro atoms. The van der Waals surface area contributed by atoms with E-state index in [1.54, 1.807) is 39.4 Å². The van der Waals surface area contributed by atoms with Gasteiger partial charge in [0.15, 0.2) is 5.69 Å². The first-order valence-electron chi connectivity index (χ1n) is 21.9. The van der Waals surface area contributed by atoms with Crippen LogP contribution >= 0.6 is 0 Å². The van der Waals surface area contributed by atoms with Gasteiger partial charge in [-0.25, -0.2) is 19.6 Å². The van der Waals surface area contributed by atoms with Crippen molar-refractivity contribution in [1.82, 2.24) is 23.7 Å². The van der Waals surface area contributed by atoms with Gasteiger partial charge in [0.05, 0.1) is 30.8 Å². The van der Waals surface area contributed by atoms with Gasteiger partial charge in [-0.3, -0.25) is 14.4 Å². The molecule has 2 amide bonds. The van der Waals surface area contributed by atoms with Crippen molar-refractivity contribution < 1.29 is 65.9 Å². The number of nitrogens with one attached hydrogen (secondary N) is 1. The van der Waals surface area contributed by atoms with Crippen LogP contribution in [0.25, 0.3) is 27.1 Å². The number of nitrogens with zero attached hydrogens (tertiary/aromatic N) is 6. The third kappa shape index (κ3) is 16.0. The van der Waals surface area contributed by atoms with Gasteiger partial charge in [-0.2, -0.15) is 0 Å². The number of rotatable bonds is 10. The van der Waals surface area contributed by atoms with Gasteiger partial charge in [-0.05, 0) is 105 Å². The van der Waals surface area contributed by atoms with Gasteiger partial charge in [-0.1, -0.05) is 73.8 Å². The number of anilines is 1. The Labute approximate surface area is 414 Å². The van der Waals surface area contributed by atoms with Gasteiger partial charge in [-0.15, -0.1) is 0 Å². The number of ether oxygens (including phenoxy) is 2. The van der Waals surface area contributed by atoms with Gasteiger partial charge in [0.1, 0.15) is 12.6 Å². The number of amides is 2. The summed E-state index contributed by atoms with van der Waals surface area (Å²) in [4.78, 5) is 69.3. The molecule has 1 fully saturated rings. The Morgan fingerprint density at radius 3 is 2.36 bits per heavy atom. The summed E-state index contributed by atoms with van der Waals surface area (Å²) in [6.45, 7) is 16.2. The third-order valence-electron chi connectivity index (χ3n) is 9.58. The van der Waals surface area contributed by atoms with Crippen LogP contribution in [0.1, 0.15) is 74.2 Å². The maximum Gasteiger partial charge on any atom is 0.391 e. The predicted octanol–water partition coefficient (Wildman–Crippen LogP) is 8.23. The Bertz CT molecular complexity index is 2650. The fourth-order valence-electron chi connectivity index (χ4n) is 6.57. The average molecular weight is 1120 g/mol. The largest absolute Gasteiger partial charge is 0.461 e. The van der Waals surface area contributed by atoms with E-state index in [-0.39, 0.29) is 67.3 Å². The summed E-state index contributed by atoms with van der Waals surface area (Å²) in [6.07, 6.45) is 16.8. The molecule has 4 aromatic heterocycles. The summed E-state index contributed by atoms with van der Waals surface area (Å²) in [7, 11) is 3.75. The molecule has 1 aliphatic heterocycles. The van der Waals surface area contributed by atoms with Crippen LogP contribution in [0.15, 0.2) is 146 Å². The molecule has 5 heterocycles. The maximum atomic E-state index is 12.6. The Morgan fingerprint density at radius 2 is 1.74 bits per heavy atom. The Balaban J connectivity index is 0.000000371. The molecule has 2 radical (unpaired) electrons. The normalized spacial score (nSPS) is 13.0. The molecule has 1 unspecified atom stereocenters. The van der Waals surface area contributed by atoms with Crippen LogP contribution in [0.5, 0.6) is 0 Å². The first kappa shape index (κ1) is 51.8. The van der Waals surface area contributed by atoms with E-state index in [4.69, 9.17) is 7.44 Å². The van der Waals surface area contributed by atoms with E-state index in [0.717, 1.165) is 59.2 Å². The van der Waals surface area contributed by atoms with Crippen molar-refractivity contribution in [2.45, 2.75) is 46.4 Å². The molecule has 8 rings (SSSR count). The quantitative estimate of drug-likeness (QED) is 0.0618. The molecule has 338 valence electrons. The summed E-state index contributed by atoms with van der Waals surface area (Å²) < 4.78 is 24.7. The fourth-order valence-corrected chi connectivity index (χ4v) is 6.57. The van der Waals surface area contributed by atoms with E-state index in [1.807, 2.05) is 113 Å². The molecule has 2 aromatic carbocycles. The molecule has 1 saturated heterocycles. The number of carbonyl (C=O) groups excluding carboxylic acids is 5. The number of carbonyl (C=O) groups is 5. The van der Waals surface area contributed by atoms with E-state index in [9.17, 15) is 24.0 Å². The Morgan fingerprint density at radius 1 is 1.02 bits per heavy atom. The number of hydrogen-bond donors (Lipinski definition) is 1. The van der Waals surface area contributed by atoms with Crippen LogP contribution in [-0.2, 0) is 23.9 Å². The van der Waals surface area contributed by atoms with Crippen molar-refractivity contribution in [3.63, 3.8) is 0 Å². The first-order valence-corrected chi connectivity index (χ1v) is 20.7. The minimum atomic E-state index is -0.380. The summed E-state index contributed by atoms with van der Waals surface area (Å²) in [5, 5.41) is 2.91. The third-order valence-corrected chi connectivity index (χ3v) is 9.58. The molecule has 0 bridgehead atoms. The monoisotopic (exact) mass is 1120 g/mol. The van der Waals surface area contributed by atoms with Crippen LogP contribution in [0.4, 0.5) is 5.69 Å². The van der Waals surface area contributed by atoms with E-state index in [0.29, 0.717) is 37.9 Å². The number of likely N-dealkylation sites (tertiary alicyclic amines) is 1. The number of hydrogen-bond acceptors (Lipinski definition) is 9. The zero-order valence-electron chi connectivity index (χ0n) is 39.4. The molecule has 16 heteroatoms. The molecule has 1 atom stereocenters. The van der Waals surface area contributed by atoms with Gasteiger partial charge in [0, 0.05) is 89.0 Å². The van der Waals surface area contributed by atoms with Crippen molar-refractivity contribution in [2.24, 2.45) is 0 Å². The maximum absolute atomic E-state index is 12.6. The number of aldehydes is 1. The van der Waals surface area contributed by atoms with Crippen LogP contribution in [0, 0.1) is 37.7 Å². The molecule has 6 aromatic rings. The van der Waals surface area contributed by atoms with Crippen molar-refractivity contribution in [2.75, 3.05) is 38.2 Å². The van der Waals surface area contributed by atoms with E-state index in [2.05, 4.69) is 56.9 Å². The molecular formula is C50H55BN7O7U+. The molecule has 1 N–H and O–H groups in total. The smallest absolute Gasteiger partial charge is 0.391 e. The zero-order chi connectivity index (χ0) is 49.0. The number of aromatic nitrogens is 4. The SMILES string of the molecule is C#[N+]CC(=O)OCC.C=CC(=O)N1CCC(c2cc(-c3ccc(C(=O)Nc4ccccc4)cc3)n3cnccc23)C1.CCOC(=O)c1cc2cccn2cn1.O=CC1=CC=CC1.[2H]CC.[2H][B].[U]. The minimum absolute atomic E-state index is 0. The second-order valence-corrected chi connectivity index (χ2v) is 13.7. The topological polar surface area (TPSA) is 158 Å². The fraction of sp³-hybridized carbons (Fsp3) is 0.240. The second kappa shape index (κ2) is 29.6. The van der Waals surface area contributed by atoms with Gasteiger partial charge >= 0.3 is 18.5 Å². The van der Waals surface area contributed by atoms with Crippen molar-refractivity contribution in [3.05, 3.63) is 168 Å². The van der Waals surface area contributed by atoms with Crippen molar-refractivity contribution in [1.29, 1.82) is 1.34 Å². The van der Waals surface area contributed by atoms with E-state index >= 15 is 0 Å². The predicted molar refractivity (Wildman–Crippen MR) is 257 cm³/mol. The molecule has 0 saturated carbocycles. The Hall–Kier alpha value is -6.80. The van der Waals surface area contributed by atoms with Gasteiger partial charge in [0.2, 0.25) is 5.91 Å².